The molecule has 1 aromatic heterocycles. The molecule has 31 heavy (non-hydrogen) atoms. The SMILES string of the molecule is C=CCOC(=O)C1CC[C@H]2C(c3ccsc3)Nc3ccc(C(=O)NCC4CC4)cc3[C@@H]12. The average Bonchev–Trinajstić information content (AvgIpc) is 3.26. The van der Waals surface area contributed by atoms with Gasteiger partial charge in [0.25, 0.3) is 5.91 Å². The summed E-state index contributed by atoms with van der Waals surface area (Å²) in [5, 5.41) is 11.0. The number of amides is 1. The molecule has 2 aliphatic carbocycles. The molecular formula is C25H28N2O3S. The maximum absolute atomic E-state index is 12.9. The minimum atomic E-state index is -0.197. The molecule has 0 radical (unpaired) electrons. The van der Waals surface area contributed by atoms with E-state index in [9.17, 15) is 9.59 Å². The number of anilines is 1. The van der Waals surface area contributed by atoms with E-state index in [1.54, 1.807) is 17.4 Å². The lowest BCUT2D eigenvalue weighted by molar-refractivity contribution is -0.147. The number of esters is 1. The monoisotopic (exact) mass is 436 g/mol. The second-order valence-corrected chi connectivity index (χ2v) is 9.71. The third-order valence-corrected chi connectivity index (χ3v) is 7.62. The number of ether oxygens (including phenoxy) is 1. The van der Waals surface area contributed by atoms with Crippen LogP contribution in [-0.2, 0) is 9.53 Å². The molecule has 2 aromatic rings. The van der Waals surface area contributed by atoms with Crippen LogP contribution in [0.15, 0.2) is 47.7 Å². The zero-order valence-electron chi connectivity index (χ0n) is 17.5. The lowest BCUT2D eigenvalue weighted by Crippen LogP contribution is -2.33. The summed E-state index contributed by atoms with van der Waals surface area (Å²) >= 11 is 1.69. The van der Waals surface area contributed by atoms with Crippen LogP contribution in [0.25, 0.3) is 0 Å². The lowest BCUT2D eigenvalue weighted by atomic mass is 9.74. The summed E-state index contributed by atoms with van der Waals surface area (Å²) in [6.45, 7) is 4.64. The fourth-order valence-corrected chi connectivity index (χ4v) is 5.89. The second-order valence-electron chi connectivity index (χ2n) is 8.93. The molecule has 3 aliphatic rings. The van der Waals surface area contributed by atoms with E-state index in [1.165, 1.54) is 18.4 Å². The molecule has 2 N–H and O–H groups in total. The van der Waals surface area contributed by atoms with Crippen LogP contribution in [0.3, 0.4) is 0 Å². The number of carbonyl (C=O) groups is 2. The fourth-order valence-electron chi connectivity index (χ4n) is 5.19. The van der Waals surface area contributed by atoms with E-state index in [-0.39, 0.29) is 42.3 Å². The van der Waals surface area contributed by atoms with Crippen LogP contribution in [0, 0.1) is 17.8 Å². The molecule has 6 heteroatoms. The fraction of sp³-hybridized carbons (Fsp3) is 0.440. The van der Waals surface area contributed by atoms with Gasteiger partial charge in [0.1, 0.15) is 6.61 Å². The lowest BCUT2D eigenvalue weighted by Gasteiger charge is -2.38. The molecule has 2 unspecified atom stereocenters. The Bertz CT molecular complexity index is 983. The van der Waals surface area contributed by atoms with Crippen molar-refractivity contribution in [2.24, 2.45) is 17.8 Å². The molecule has 2 heterocycles. The van der Waals surface area contributed by atoms with Crippen LogP contribution in [0.1, 0.15) is 59.1 Å². The van der Waals surface area contributed by atoms with Crippen LogP contribution in [0.4, 0.5) is 5.69 Å². The van der Waals surface area contributed by atoms with Crippen LogP contribution >= 0.6 is 11.3 Å². The molecule has 0 bridgehead atoms. The van der Waals surface area contributed by atoms with Crippen LogP contribution < -0.4 is 10.6 Å². The highest BCUT2D eigenvalue weighted by molar-refractivity contribution is 7.08. The van der Waals surface area contributed by atoms with Crippen molar-refractivity contribution in [3.8, 4) is 0 Å². The number of benzene rings is 1. The van der Waals surface area contributed by atoms with E-state index < -0.39 is 0 Å². The molecule has 5 rings (SSSR count). The van der Waals surface area contributed by atoms with E-state index in [1.807, 2.05) is 18.2 Å². The Hall–Kier alpha value is -2.60. The summed E-state index contributed by atoms with van der Waals surface area (Å²) in [6, 6.07) is 8.20. The summed E-state index contributed by atoms with van der Waals surface area (Å²) in [5.41, 5.74) is 4.00. The Balaban J connectivity index is 1.47. The smallest absolute Gasteiger partial charge is 0.309 e. The largest absolute Gasteiger partial charge is 0.461 e. The van der Waals surface area contributed by atoms with Crippen molar-refractivity contribution in [1.82, 2.24) is 5.32 Å². The van der Waals surface area contributed by atoms with E-state index in [0.29, 0.717) is 11.5 Å². The number of fused-ring (bicyclic) bond motifs is 3. The van der Waals surface area contributed by atoms with E-state index in [2.05, 4.69) is 34.0 Å². The predicted octanol–water partition coefficient (Wildman–Crippen LogP) is 4.89. The zero-order chi connectivity index (χ0) is 21.4. The molecule has 5 nitrogen and oxygen atoms in total. The summed E-state index contributed by atoms with van der Waals surface area (Å²) in [5.74, 6) is 0.570. The van der Waals surface area contributed by atoms with Gasteiger partial charge >= 0.3 is 5.97 Å². The summed E-state index contributed by atoms with van der Waals surface area (Å²) in [7, 11) is 0. The first kappa shape index (κ1) is 20.3. The van der Waals surface area contributed by atoms with Crippen molar-refractivity contribution < 1.29 is 14.3 Å². The number of hydrogen-bond acceptors (Lipinski definition) is 5. The number of rotatable bonds is 7. The molecule has 1 aromatic carbocycles. The van der Waals surface area contributed by atoms with Crippen molar-refractivity contribution in [2.45, 2.75) is 37.6 Å². The van der Waals surface area contributed by atoms with Gasteiger partial charge < -0.3 is 15.4 Å². The van der Waals surface area contributed by atoms with Gasteiger partial charge in [-0.05, 0) is 83.7 Å². The predicted molar refractivity (Wildman–Crippen MR) is 122 cm³/mol. The van der Waals surface area contributed by atoms with Gasteiger partial charge in [-0.2, -0.15) is 11.3 Å². The molecule has 162 valence electrons. The first-order valence-corrected chi connectivity index (χ1v) is 12.1. The molecule has 4 atom stereocenters. The molecule has 2 saturated carbocycles. The number of thiophene rings is 1. The highest BCUT2D eigenvalue weighted by Crippen LogP contribution is 2.55. The maximum atomic E-state index is 12.9. The van der Waals surface area contributed by atoms with Gasteiger partial charge in [-0.15, -0.1) is 0 Å². The first-order valence-electron chi connectivity index (χ1n) is 11.1. The first-order chi connectivity index (χ1) is 15.2. The quantitative estimate of drug-likeness (QED) is 0.479. The third-order valence-electron chi connectivity index (χ3n) is 6.91. The Morgan fingerprint density at radius 1 is 1.23 bits per heavy atom. The Morgan fingerprint density at radius 2 is 2.10 bits per heavy atom. The average molecular weight is 437 g/mol. The van der Waals surface area contributed by atoms with Crippen LogP contribution in [0.5, 0.6) is 0 Å². The van der Waals surface area contributed by atoms with E-state index in [0.717, 1.165) is 30.6 Å². The van der Waals surface area contributed by atoms with Crippen LogP contribution in [0.2, 0.25) is 0 Å². The molecule has 1 aliphatic heterocycles. The molecule has 0 spiro atoms. The van der Waals surface area contributed by atoms with Gasteiger partial charge in [-0.3, -0.25) is 9.59 Å². The number of nitrogens with one attached hydrogen (secondary N) is 2. The van der Waals surface area contributed by atoms with Crippen molar-refractivity contribution in [3.05, 3.63) is 64.4 Å². The molecule has 1 amide bonds. The standard InChI is InChI=1S/C25H28N2O3S/c1-2-10-30-25(29)19-7-6-18-22(19)20-12-16(24(28)26-13-15-3-4-15)5-8-21(20)27-23(18)17-9-11-31-14-17/h2,5,8-9,11-12,14-15,18-19,22-23,27H,1,3-4,6-7,10,13H2,(H,26,28)/t18-,19?,22-,23?/m1/s1. The van der Waals surface area contributed by atoms with Crippen molar-refractivity contribution in [3.63, 3.8) is 0 Å². The second kappa shape index (κ2) is 8.50. The van der Waals surface area contributed by atoms with E-state index >= 15 is 0 Å². The summed E-state index contributed by atoms with van der Waals surface area (Å²) in [4.78, 5) is 25.6. The normalized spacial score (nSPS) is 26.3. The maximum Gasteiger partial charge on any atom is 0.309 e. The van der Waals surface area contributed by atoms with Gasteiger partial charge in [-0.1, -0.05) is 12.7 Å². The summed E-state index contributed by atoms with van der Waals surface area (Å²) < 4.78 is 5.46. The number of carbonyl (C=O) groups excluding carboxylic acids is 2. The van der Waals surface area contributed by atoms with Gasteiger partial charge in [0, 0.05) is 23.7 Å². The van der Waals surface area contributed by atoms with Gasteiger partial charge in [0.05, 0.1) is 12.0 Å². The molecular weight excluding hydrogens is 408 g/mol. The van der Waals surface area contributed by atoms with Gasteiger partial charge in [0.2, 0.25) is 0 Å². The van der Waals surface area contributed by atoms with Gasteiger partial charge in [0.15, 0.2) is 0 Å². The summed E-state index contributed by atoms with van der Waals surface area (Å²) in [6.07, 6.45) is 5.76. The topological polar surface area (TPSA) is 67.4 Å². The van der Waals surface area contributed by atoms with Crippen LogP contribution in [-0.4, -0.2) is 25.0 Å². The molecule has 0 saturated heterocycles. The van der Waals surface area contributed by atoms with Crippen molar-refractivity contribution in [2.75, 3.05) is 18.5 Å². The Kier molecular flexibility index (Phi) is 5.57. The van der Waals surface area contributed by atoms with Crippen molar-refractivity contribution >= 4 is 28.9 Å². The Morgan fingerprint density at radius 3 is 2.84 bits per heavy atom. The number of hydrogen-bond donors (Lipinski definition) is 2. The highest BCUT2D eigenvalue weighted by Gasteiger charge is 2.49. The zero-order valence-corrected chi connectivity index (χ0v) is 18.3. The Labute approximate surface area is 186 Å². The molecule has 2 fully saturated rings. The minimum Gasteiger partial charge on any atom is -0.461 e. The van der Waals surface area contributed by atoms with Crippen molar-refractivity contribution in [1.29, 1.82) is 0 Å². The third kappa shape index (κ3) is 4.01. The minimum absolute atomic E-state index is 0.0324. The van der Waals surface area contributed by atoms with Gasteiger partial charge in [-0.25, -0.2) is 0 Å². The van der Waals surface area contributed by atoms with E-state index in [4.69, 9.17) is 4.74 Å². The highest BCUT2D eigenvalue weighted by atomic mass is 32.1.